The Hall–Kier alpha value is 0.180. The second-order valence-corrected chi connectivity index (χ2v) is 5.50. The van der Waals surface area contributed by atoms with Gasteiger partial charge in [-0.3, -0.25) is 4.57 Å². The molecule has 0 aromatic heterocycles. The summed E-state index contributed by atoms with van der Waals surface area (Å²) in [7, 11) is -11.0. The van der Waals surface area contributed by atoms with Crippen LogP contribution in [0.3, 0.4) is 0 Å². The molecular weight excluding hydrogens is 206 g/mol. The van der Waals surface area contributed by atoms with E-state index in [2.05, 4.69) is 0 Å². The fraction of sp³-hybridized carbons (Fsp3) is 1.00. The van der Waals surface area contributed by atoms with Crippen molar-refractivity contribution in [2.75, 3.05) is 6.16 Å². The molecule has 0 spiro atoms. The Balaban J connectivity index is 4.22. The van der Waals surface area contributed by atoms with Gasteiger partial charge >= 0.3 is 15.5 Å². The Kier molecular flexibility index (Phi) is 3.33. The van der Waals surface area contributed by atoms with E-state index in [-0.39, 0.29) is 0 Å². The van der Waals surface area contributed by atoms with Gasteiger partial charge in [-0.1, -0.05) is 0 Å². The summed E-state index contributed by atoms with van der Waals surface area (Å²) in [5, 5.41) is 0. The zero-order chi connectivity index (χ0) is 9.28. The third-order valence-electron chi connectivity index (χ3n) is 0.990. The van der Waals surface area contributed by atoms with E-state index in [9.17, 15) is 25.9 Å². The Morgan fingerprint density at radius 2 is 1.55 bits per heavy atom. The normalized spacial score (nSPS) is 16.5. The second-order valence-electron chi connectivity index (χ2n) is 2.10. The summed E-state index contributed by atoms with van der Waals surface area (Å²) in [6.07, 6.45) is -1.47. The molecule has 1 unspecified atom stereocenters. The van der Waals surface area contributed by atoms with Gasteiger partial charge in [0.05, 0.1) is 11.8 Å². The highest BCUT2D eigenvalue weighted by molar-refractivity contribution is 7.57. The van der Waals surface area contributed by atoms with E-state index in [4.69, 9.17) is 0 Å². The standard InChI is InChI=1S/C3H6F4O2P2/c1-3(11(6,7)9)2-10(4,5)8/h3H,2H2,1H3. The summed E-state index contributed by atoms with van der Waals surface area (Å²) in [5.74, 6) is 0. The van der Waals surface area contributed by atoms with Crippen LogP contribution >= 0.6 is 15.5 Å². The van der Waals surface area contributed by atoms with Gasteiger partial charge in [0.15, 0.2) is 0 Å². The molecule has 0 bridgehead atoms. The lowest BCUT2D eigenvalue weighted by atomic mass is 10.6. The fourth-order valence-corrected chi connectivity index (χ4v) is 2.35. The van der Waals surface area contributed by atoms with E-state index in [1.165, 1.54) is 0 Å². The van der Waals surface area contributed by atoms with Crippen LogP contribution < -0.4 is 0 Å². The lowest BCUT2D eigenvalue weighted by Gasteiger charge is -2.07. The third kappa shape index (κ3) is 5.45. The van der Waals surface area contributed by atoms with Crippen molar-refractivity contribution < 1.29 is 25.9 Å². The molecule has 0 rings (SSSR count). The van der Waals surface area contributed by atoms with Gasteiger partial charge in [0.25, 0.3) is 0 Å². The highest BCUT2D eigenvalue weighted by atomic mass is 31.2. The molecule has 0 amide bonds. The lowest BCUT2D eigenvalue weighted by molar-refractivity contribution is 0.470. The maximum Gasteiger partial charge on any atom is 0.406 e. The van der Waals surface area contributed by atoms with E-state index in [0.717, 1.165) is 0 Å². The SMILES string of the molecule is CC(CP(=O)(F)F)P(=O)(F)F. The third-order valence-corrected chi connectivity index (χ3v) is 3.46. The monoisotopic (exact) mass is 212 g/mol. The molecule has 0 N–H and O–H groups in total. The van der Waals surface area contributed by atoms with Gasteiger partial charge in [0, 0.05) is 0 Å². The number of hydrogen-bond donors (Lipinski definition) is 0. The van der Waals surface area contributed by atoms with E-state index < -0.39 is 27.3 Å². The molecule has 0 aliphatic rings. The van der Waals surface area contributed by atoms with Gasteiger partial charge in [-0.05, 0) is 6.92 Å². The van der Waals surface area contributed by atoms with Crippen molar-refractivity contribution in [3.8, 4) is 0 Å². The molecule has 2 nitrogen and oxygen atoms in total. The first-order valence-corrected chi connectivity index (χ1v) is 5.83. The molecule has 0 fully saturated rings. The Morgan fingerprint density at radius 1 is 1.18 bits per heavy atom. The van der Waals surface area contributed by atoms with Crippen molar-refractivity contribution >= 4 is 15.5 Å². The first kappa shape index (κ1) is 11.2. The van der Waals surface area contributed by atoms with E-state index >= 15 is 0 Å². The maximum absolute atomic E-state index is 11.7. The first-order chi connectivity index (χ1) is 4.63. The summed E-state index contributed by atoms with van der Waals surface area (Å²) in [5.41, 5.74) is -1.98. The molecule has 8 heteroatoms. The topological polar surface area (TPSA) is 34.1 Å². The van der Waals surface area contributed by atoms with Gasteiger partial charge < -0.3 is 0 Å². The predicted octanol–water partition coefficient (Wildman–Crippen LogP) is 3.64. The molecule has 1 atom stereocenters. The van der Waals surface area contributed by atoms with Gasteiger partial charge in [-0.25, -0.2) is 4.57 Å². The Labute approximate surface area is 61.2 Å². The van der Waals surface area contributed by atoms with Crippen LogP contribution in [0.15, 0.2) is 0 Å². The lowest BCUT2D eigenvalue weighted by Crippen LogP contribution is -2.02. The van der Waals surface area contributed by atoms with Crippen LogP contribution in [0.1, 0.15) is 6.92 Å². The Morgan fingerprint density at radius 3 is 1.64 bits per heavy atom. The molecular formula is C3H6F4O2P2. The van der Waals surface area contributed by atoms with Crippen LogP contribution in [-0.4, -0.2) is 11.8 Å². The molecule has 0 saturated carbocycles. The van der Waals surface area contributed by atoms with Crippen LogP contribution in [0.25, 0.3) is 0 Å². The first-order valence-electron chi connectivity index (χ1n) is 2.60. The van der Waals surface area contributed by atoms with Crippen molar-refractivity contribution in [3.63, 3.8) is 0 Å². The fourth-order valence-electron chi connectivity index (χ4n) is 0.403. The van der Waals surface area contributed by atoms with E-state index in [0.29, 0.717) is 6.92 Å². The van der Waals surface area contributed by atoms with E-state index in [1.807, 2.05) is 0 Å². The van der Waals surface area contributed by atoms with Crippen molar-refractivity contribution in [1.29, 1.82) is 0 Å². The quantitative estimate of drug-likeness (QED) is 0.528. The summed E-state index contributed by atoms with van der Waals surface area (Å²) >= 11 is 0. The van der Waals surface area contributed by atoms with Crippen LogP contribution in [0, 0.1) is 0 Å². The molecule has 0 heterocycles. The van der Waals surface area contributed by atoms with Crippen LogP contribution in [0.5, 0.6) is 0 Å². The number of hydrogen-bond acceptors (Lipinski definition) is 2. The van der Waals surface area contributed by atoms with Crippen LogP contribution in [0.4, 0.5) is 16.8 Å². The predicted molar refractivity (Wildman–Crippen MR) is 34.0 cm³/mol. The number of rotatable bonds is 3. The van der Waals surface area contributed by atoms with Gasteiger partial charge in [0.2, 0.25) is 0 Å². The van der Waals surface area contributed by atoms with Crippen molar-refractivity contribution in [2.24, 2.45) is 0 Å². The summed E-state index contributed by atoms with van der Waals surface area (Å²) in [4.78, 5) is 0. The molecule has 0 aliphatic carbocycles. The minimum Gasteiger partial charge on any atom is -0.250 e. The number of halogens is 4. The highest BCUT2D eigenvalue weighted by Crippen LogP contribution is 2.60. The molecule has 0 radical (unpaired) electrons. The van der Waals surface area contributed by atoms with Crippen molar-refractivity contribution in [3.05, 3.63) is 0 Å². The minimum atomic E-state index is -5.51. The van der Waals surface area contributed by atoms with Crippen LogP contribution in [0.2, 0.25) is 0 Å². The summed E-state index contributed by atoms with van der Waals surface area (Å²) in [6.45, 7) is 0.687. The zero-order valence-corrected chi connectivity index (χ0v) is 7.30. The molecule has 0 aliphatic heterocycles. The van der Waals surface area contributed by atoms with Gasteiger partial charge in [-0.2, -0.15) is 16.8 Å². The average Bonchev–Trinajstić information content (AvgIpc) is 1.56. The maximum atomic E-state index is 11.7. The molecule has 11 heavy (non-hydrogen) atoms. The second kappa shape index (κ2) is 3.28. The smallest absolute Gasteiger partial charge is 0.250 e. The van der Waals surface area contributed by atoms with Gasteiger partial charge in [-0.15, -0.1) is 0 Å². The van der Waals surface area contributed by atoms with Gasteiger partial charge in [0.1, 0.15) is 0 Å². The molecule has 68 valence electrons. The highest BCUT2D eigenvalue weighted by Gasteiger charge is 2.36. The minimum absolute atomic E-state index is 0.687. The van der Waals surface area contributed by atoms with Crippen LogP contribution in [-0.2, 0) is 9.13 Å². The largest absolute Gasteiger partial charge is 0.406 e. The van der Waals surface area contributed by atoms with Crippen molar-refractivity contribution in [1.82, 2.24) is 0 Å². The molecule has 0 aromatic carbocycles. The summed E-state index contributed by atoms with van der Waals surface area (Å²) < 4.78 is 66.2. The average molecular weight is 212 g/mol. The summed E-state index contributed by atoms with van der Waals surface area (Å²) in [6, 6.07) is 0. The molecule has 0 aromatic rings. The van der Waals surface area contributed by atoms with Crippen molar-refractivity contribution in [2.45, 2.75) is 12.6 Å². The molecule has 0 saturated heterocycles. The Bertz CT molecular complexity index is 217. The zero-order valence-electron chi connectivity index (χ0n) is 5.51. The van der Waals surface area contributed by atoms with E-state index in [1.54, 1.807) is 0 Å².